The molecule has 0 aromatic carbocycles. The Morgan fingerprint density at radius 3 is 2.46 bits per heavy atom. The molecule has 0 aliphatic rings. The molecule has 4 heteroatoms. The Morgan fingerprint density at radius 1 is 1.31 bits per heavy atom. The Kier molecular flexibility index (Phi) is 7.68. The summed E-state index contributed by atoms with van der Waals surface area (Å²) in [5.74, 6) is 0.684. The van der Waals surface area contributed by atoms with Crippen LogP contribution < -0.4 is 0 Å². The molecule has 78 valence electrons. The zero-order valence-corrected chi connectivity index (χ0v) is 8.28. The van der Waals surface area contributed by atoms with Crippen LogP contribution in [0.3, 0.4) is 0 Å². The Hall–Kier alpha value is -0.580. The SMILES string of the molecule is C=C(C)OCCOCCOC(C)O. The Labute approximate surface area is 79.1 Å². The lowest BCUT2D eigenvalue weighted by Crippen LogP contribution is -2.13. The summed E-state index contributed by atoms with van der Waals surface area (Å²) in [6.07, 6.45) is -0.727. The fourth-order valence-electron chi connectivity index (χ4n) is 0.654. The van der Waals surface area contributed by atoms with Crippen molar-refractivity contribution in [2.45, 2.75) is 20.1 Å². The van der Waals surface area contributed by atoms with Gasteiger partial charge in [-0.2, -0.15) is 0 Å². The lowest BCUT2D eigenvalue weighted by molar-refractivity contribution is -0.101. The van der Waals surface area contributed by atoms with Crippen LogP contribution in [0, 0.1) is 0 Å². The van der Waals surface area contributed by atoms with Gasteiger partial charge in [0.1, 0.15) is 6.61 Å². The lowest BCUT2D eigenvalue weighted by atomic mass is 10.6. The number of hydrogen-bond donors (Lipinski definition) is 1. The van der Waals surface area contributed by atoms with Crippen molar-refractivity contribution >= 4 is 0 Å². The summed E-state index contributed by atoms with van der Waals surface area (Å²) in [5.41, 5.74) is 0. The van der Waals surface area contributed by atoms with E-state index in [4.69, 9.17) is 19.3 Å². The van der Waals surface area contributed by atoms with E-state index in [1.165, 1.54) is 0 Å². The molecule has 4 nitrogen and oxygen atoms in total. The van der Waals surface area contributed by atoms with Gasteiger partial charge < -0.3 is 19.3 Å². The van der Waals surface area contributed by atoms with Gasteiger partial charge >= 0.3 is 0 Å². The summed E-state index contributed by atoms with van der Waals surface area (Å²) >= 11 is 0. The standard InChI is InChI=1S/C9H18O4/c1-8(2)12-6-4-11-5-7-13-9(3)10/h9-10H,1,4-7H2,2-3H3. The normalized spacial score (nSPS) is 12.5. The maximum absolute atomic E-state index is 8.71. The fraction of sp³-hybridized carbons (Fsp3) is 0.778. The number of ether oxygens (including phenoxy) is 3. The van der Waals surface area contributed by atoms with E-state index in [2.05, 4.69) is 6.58 Å². The van der Waals surface area contributed by atoms with Crippen molar-refractivity contribution < 1.29 is 19.3 Å². The predicted molar refractivity (Wildman–Crippen MR) is 49.2 cm³/mol. The summed E-state index contributed by atoms with van der Waals surface area (Å²) in [7, 11) is 0. The molecule has 1 atom stereocenters. The molecule has 0 aromatic rings. The van der Waals surface area contributed by atoms with Crippen molar-refractivity contribution in [3.63, 3.8) is 0 Å². The second-order valence-corrected chi connectivity index (χ2v) is 2.63. The summed E-state index contributed by atoms with van der Waals surface area (Å²) in [6, 6.07) is 0. The Balaban J connectivity index is 2.96. The monoisotopic (exact) mass is 190 g/mol. The average Bonchev–Trinajstić information content (AvgIpc) is 2.01. The molecule has 0 radical (unpaired) electrons. The van der Waals surface area contributed by atoms with Crippen LogP contribution in [0.1, 0.15) is 13.8 Å². The molecule has 0 aliphatic heterocycles. The number of hydrogen-bond acceptors (Lipinski definition) is 4. The first kappa shape index (κ1) is 12.4. The number of rotatable bonds is 8. The van der Waals surface area contributed by atoms with Gasteiger partial charge in [0.2, 0.25) is 0 Å². The summed E-state index contributed by atoms with van der Waals surface area (Å²) in [4.78, 5) is 0. The van der Waals surface area contributed by atoms with E-state index in [9.17, 15) is 0 Å². The van der Waals surface area contributed by atoms with E-state index in [1.807, 2.05) is 0 Å². The van der Waals surface area contributed by atoms with Gasteiger partial charge in [0.25, 0.3) is 0 Å². The van der Waals surface area contributed by atoms with Gasteiger partial charge in [0.15, 0.2) is 6.29 Å². The van der Waals surface area contributed by atoms with Crippen molar-refractivity contribution in [3.8, 4) is 0 Å². The van der Waals surface area contributed by atoms with Gasteiger partial charge in [0, 0.05) is 0 Å². The molecular formula is C9H18O4. The highest BCUT2D eigenvalue weighted by molar-refractivity contribution is 4.72. The smallest absolute Gasteiger partial charge is 0.151 e. The maximum atomic E-state index is 8.71. The first-order chi connectivity index (χ1) is 6.13. The second kappa shape index (κ2) is 8.04. The molecule has 0 aromatic heterocycles. The third-order valence-electron chi connectivity index (χ3n) is 1.16. The van der Waals surface area contributed by atoms with E-state index in [1.54, 1.807) is 13.8 Å². The molecule has 0 rings (SSSR count). The first-order valence-electron chi connectivity index (χ1n) is 4.28. The summed E-state index contributed by atoms with van der Waals surface area (Å²) in [5, 5.41) is 8.71. The van der Waals surface area contributed by atoms with Gasteiger partial charge in [-0.1, -0.05) is 6.58 Å². The van der Waals surface area contributed by atoms with Crippen LogP contribution in [0.5, 0.6) is 0 Å². The Bertz CT molecular complexity index is 134. The molecule has 0 fully saturated rings. The minimum absolute atomic E-state index is 0.394. The van der Waals surface area contributed by atoms with Crippen LogP contribution in [-0.2, 0) is 14.2 Å². The third-order valence-corrected chi connectivity index (χ3v) is 1.16. The lowest BCUT2D eigenvalue weighted by Gasteiger charge is -2.08. The molecule has 0 saturated carbocycles. The van der Waals surface area contributed by atoms with Gasteiger partial charge in [-0.15, -0.1) is 0 Å². The molecule has 13 heavy (non-hydrogen) atoms. The highest BCUT2D eigenvalue weighted by Crippen LogP contribution is 1.89. The van der Waals surface area contributed by atoms with E-state index in [-0.39, 0.29) is 0 Å². The summed E-state index contributed by atoms with van der Waals surface area (Å²) in [6.45, 7) is 8.79. The van der Waals surface area contributed by atoms with Crippen LogP contribution in [0.25, 0.3) is 0 Å². The molecule has 1 N–H and O–H groups in total. The van der Waals surface area contributed by atoms with Gasteiger partial charge in [-0.05, 0) is 13.8 Å². The van der Waals surface area contributed by atoms with Crippen LogP contribution in [-0.4, -0.2) is 37.8 Å². The number of aliphatic hydroxyl groups is 1. The Morgan fingerprint density at radius 2 is 1.92 bits per heavy atom. The topological polar surface area (TPSA) is 47.9 Å². The molecule has 0 bridgehead atoms. The molecule has 1 unspecified atom stereocenters. The molecular weight excluding hydrogens is 172 g/mol. The molecule has 0 saturated heterocycles. The average molecular weight is 190 g/mol. The highest BCUT2D eigenvalue weighted by atomic mass is 16.6. The molecule has 0 spiro atoms. The quantitative estimate of drug-likeness (QED) is 0.351. The fourth-order valence-corrected chi connectivity index (χ4v) is 0.654. The van der Waals surface area contributed by atoms with E-state index in [0.29, 0.717) is 32.2 Å². The molecule has 0 aliphatic carbocycles. The van der Waals surface area contributed by atoms with Crippen LogP contribution in [0.4, 0.5) is 0 Å². The van der Waals surface area contributed by atoms with Crippen LogP contribution >= 0.6 is 0 Å². The minimum atomic E-state index is -0.727. The van der Waals surface area contributed by atoms with Crippen molar-refractivity contribution in [1.82, 2.24) is 0 Å². The van der Waals surface area contributed by atoms with Crippen LogP contribution in [0.15, 0.2) is 12.3 Å². The van der Waals surface area contributed by atoms with E-state index >= 15 is 0 Å². The first-order valence-corrected chi connectivity index (χ1v) is 4.28. The van der Waals surface area contributed by atoms with Gasteiger partial charge in [-0.25, -0.2) is 0 Å². The second-order valence-electron chi connectivity index (χ2n) is 2.63. The zero-order valence-electron chi connectivity index (χ0n) is 8.28. The van der Waals surface area contributed by atoms with Crippen molar-refractivity contribution in [3.05, 3.63) is 12.3 Å². The van der Waals surface area contributed by atoms with Crippen LogP contribution in [0.2, 0.25) is 0 Å². The van der Waals surface area contributed by atoms with Crippen molar-refractivity contribution in [1.29, 1.82) is 0 Å². The minimum Gasteiger partial charge on any atom is -0.496 e. The molecule has 0 amide bonds. The maximum Gasteiger partial charge on any atom is 0.151 e. The van der Waals surface area contributed by atoms with E-state index < -0.39 is 6.29 Å². The van der Waals surface area contributed by atoms with Crippen molar-refractivity contribution in [2.75, 3.05) is 26.4 Å². The largest absolute Gasteiger partial charge is 0.496 e. The number of aliphatic hydroxyl groups excluding tert-OH is 1. The van der Waals surface area contributed by atoms with Gasteiger partial charge in [-0.3, -0.25) is 0 Å². The number of allylic oxidation sites excluding steroid dienone is 1. The summed E-state index contributed by atoms with van der Waals surface area (Å²) < 4.78 is 15.0. The van der Waals surface area contributed by atoms with Crippen molar-refractivity contribution in [2.24, 2.45) is 0 Å². The predicted octanol–water partition coefficient (Wildman–Crippen LogP) is 0.908. The van der Waals surface area contributed by atoms with Gasteiger partial charge in [0.05, 0.1) is 25.6 Å². The van der Waals surface area contributed by atoms with E-state index in [0.717, 1.165) is 0 Å². The zero-order chi connectivity index (χ0) is 10.1. The third kappa shape index (κ3) is 11.4. The molecule has 0 heterocycles. The highest BCUT2D eigenvalue weighted by Gasteiger charge is 1.94.